The molecule has 0 atom stereocenters. The van der Waals surface area contributed by atoms with Gasteiger partial charge >= 0.3 is 0 Å². The zero-order chi connectivity index (χ0) is 18.9. The summed E-state index contributed by atoms with van der Waals surface area (Å²) in [6.07, 6.45) is 8.01. The Hall–Kier alpha value is -2.04. The van der Waals surface area contributed by atoms with Crippen molar-refractivity contribution in [3.63, 3.8) is 0 Å². The van der Waals surface area contributed by atoms with E-state index in [2.05, 4.69) is 4.90 Å². The average Bonchev–Trinajstić information content (AvgIpc) is 2.68. The van der Waals surface area contributed by atoms with Gasteiger partial charge in [-0.3, -0.25) is 9.59 Å². The number of benzene rings is 1. The minimum atomic E-state index is 0.0917. The Kier molecular flexibility index (Phi) is 7.55. The van der Waals surface area contributed by atoms with Crippen molar-refractivity contribution in [2.24, 2.45) is 5.92 Å². The standard InChI is InChI=1S/C22H32N2O3/c25-21(13-18-27-20-9-5-4-6-10-20)23-16-11-19(12-17-23)22(26)24-14-7-2-1-3-8-15-24/h4-6,9-10,19H,1-3,7-8,11-18H2. The molecule has 2 aliphatic heterocycles. The first-order valence-corrected chi connectivity index (χ1v) is 10.5. The lowest BCUT2D eigenvalue weighted by molar-refractivity contribution is -0.141. The number of piperidine rings is 1. The first-order valence-electron chi connectivity index (χ1n) is 10.5. The molecule has 2 fully saturated rings. The molecule has 0 aliphatic carbocycles. The SMILES string of the molecule is O=C(CCOc1ccccc1)N1CCC(C(=O)N2CCCCCCC2)CC1. The molecule has 0 radical (unpaired) electrons. The van der Waals surface area contributed by atoms with Crippen molar-refractivity contribution in [1.29, 1.82) is 0 Å². The number of amides is 2. The first-order chi connectivity index (χ1) is 13.2. The molecule has 5 heteroatoms. The van der Waals surface area contributed by atoms with Crippen LogP contribution in [0.25, 0.3) is 0 Å². The number of ether oxygens (including phenoxy) is 1. The van der Waals surface area contributed by atoms with Crippen LogP contribution in [0.15, 0.2) is 30.3 Å². The quantitative estimate of drug-likeness (QED) is 0.795. The second-order valence-corrected chi connectivity index (χ2v) is 7.66. The molecule has 0 bridgehead atoms. The Morgan fingerprint density at radius 1 is 0.852 bits per heavy atom. The van der Waals surface area contributed by atoms with Gasteiger partial charge in [0.05, 0.1) is 13.0 Å². The van der Waals surface area contributed by atoms with Crippen molar-refractivity contribution < 1.29 is 14.3 Å². The summed E-state index contributed by atoms with van der Waals surface area (Å²) in [5.41, 5.74) is 0. The van der Waals surface area contributed by atoms with Crippen molar-refractivity contribution in [3.05, 3.63) is 30.3 Å². The molecule has 1 aromatic rings. The number of nitrogens with zero attached hydrogens (tertiary/aromatic N) is 2. The maximum absolute atomic E-state index is 12.8. The molecule has 0 saturated carbocycles. The Morgan fingerprint density at radius 3 is 2.15 bits per heavy atom. The Labute approximate surface area is 162 Å². The Bertz CT molecular complexity index is 589. The molecule has 27 heavy (non-hydrogen) atoms. The van der Waals surface area contributed by atoms with Gasteiger partial charge in [0.1, 0.15) is 5.75 Å². The lowest BCUT2D eigenvalue weighted by atomic mass is 9.94. The van der Waals surface area contributed by atoms with Gasteiger partial charge < -0.3 is 14.5 Å². The van der Waals surface area contributed by atoms with E-state index in [-0.39, 0.29) is 11.8 Å². The zero-order valence-electron chi connectivity index (χ0n) is 16.3. The number of carbonyl (C=O) groups excluding carboxylic acids is 2. The summed E-state index contributed by atoms with van der Waals surface area (Å²) < 4.78 is 5.62. The molecule has 148 valence electrons. The highest BCUT2D eigenvalue weighted by Crippen LogP contribution is 2.22. The fraction of sp³-hybridized carbons (Fsp3) is 0.636. The summed E-state index contributed by atoms with van der Waals surface area (Å²) in [7, 11) is 0. The van der Waals surface area contributed by atoms with Gasteiger partial charge in [-0.05, 0) is 37.8 Å². The topological polar surface area (TPSA) is 49.9 Å². The first kappa shape index (κ1) is 19.7. The third kappa shape index (κ3) is 5.98. The molecule has 0 aromatic heterocycles. The van der Waals surface area contributed by atoms with Crippen LogP contribution in [0.1, 0.15) is 51.4 Å². The van der Waals surface area contributed by atoms with Gasteiger partial charge in [-0.1, -0.05) is 37.5 Å². The normalized spacial score (nSPS) is 19.3. The van der Waals surface area contributed by atoms with Gasteiger partial charge in [0.15, 0.2) is 0 Å². The Morgan fingerprint density at radius 2 is 1.48 bits per heavy atom. The van der Waals surface area contributed by atoms with Crippen LogP contribution in [0, 0.1) is 5.92 Å². The second-order valence-electron chi connectivity index (χ2n) is 7.66. The highest BCUT2D eigenvalue weighted by molar-refractivity contribution is 5.80. The fourth-order valence-corrected chi connectivity index (χ4v) is 4.03. The van der Waals surface area contributed by atoms with Gasteiger partial charge in [-0.2, -0.15) is 0 Å². The molecular weight excluding hydrogens is 340 g/mol. The van der Waals surface area contributed by atoms with Crippen molar-refractivity contribution in [2.75, 3.05) is 32.8 Å². The molecule has 1 aromatic carbocycles. The number of rotatable bonds is 5. The van der Waals surface area contributed by atoms with E-state index in [1.807, 2.05) is 35.2 Å². The number of hydrogen-bond donors (Lipinski definition) is 0. The minimum absolute atomic E-state index is 0.0917. The van der Waals surface area contributed by atoms with Gasteiger partial charge in [0, 0.05) is 32.1 Å². The van der Waals surface area contributed by atoms with E-state index in [9.17, 15) is 9.59 Å². The summed E-state index contributed by atoms with van der Waals surface area (Å²) in [5, 5.41) is 0. The molecule has 2 heterocycles. The van der Waals surface area contributed by atoms with Crippen LogP contribution in [0.3, 0.4) is 0 Å². The monoisotopic (exact) mass is 372 g/mol. The van der Waals surface area contributed by atoms with Crippen LogP contribution in [0.4, 0.5) is 0 Å². The van der Waals surface area contributed by atoms with Crippen LogP contribution in [0.5, 0.6) is 5.75 Å². The predicted octanol–water partition coefficient (Wildman–Crippen LogP) is 3.49. The second kappa shape index (κ2) is 10.3. The summed E-state index contributed by atoms with van der Waals surface area (Å²) >= 11 is 0. The highest BCUT2D eigenvalue weighted by Gasteiger charge is 2.30. The number of hydrogen-bond acceptors (Lipinski definition) is 3. The average molecular weight is 373 g/mol. The van der Waals surface area contributed by atoms with E-state index in [1.165, 1.54) is 19.3 Å². The fourth-order valence-electron chi connectivity index (χ4n) is 4.03. The van der Waals surface area contributed by atoms with Crippen molar-refractivity contribution in [3.8, 4) is 5.75 Å². The van der Waals surface area contributed by atoms with E-state index in [1.54, 1.807) is 0 Å². The van der Waals surface area contributed by atoms with E-state index in [4.69, 9.17) is 4.74 Å². The van der Waals surface area contributed by atoms with Crippen LogP contribution >= 0.6 is 0 Å². The molecule has 2 amide bonds. The molecule has 0 unspecified atom stereocenters. The van der Waals surface area contributed by atoms with E-state index in [0.717, 1.165) is 44.5 Å². The lowest BCUT2D eigenvalue weighted by Crippen LogP contribution is -2.45. The summed E-state index contributed by atoms with van der Waals surface area (Å²) in [5.74, 6) is 1.33. The third-order valence-corrected chi connectivity index (χ3v) is 5.69. The number of likely N-dealkylation sites (tertiary alicyclic amines) is 2. The number of para-hydroxylation sites is 1. The van der Waals surface area contributed by atoms with Crippen LogP contribution < -0.4 is 4.74 Å². The minimum Gasteiger partial charge on any atom is -0.493 e. The largest absolute Gasteiger partial charge is 0.493 e. The van der Waals surface area contributed by atoms with Gasteiger partial charge in [0.2, 0.25) is 11.8 Å². The molecule has 0 spiro atoms. The van der Waals surface area contributed by atoms with Crippen LogP contribution in [-0.2, 0) is 9.59 Å². The lowest BCUT2D eigenvalue weighted by Gasteiger charge is -2.35. The molecule has 5 nitrogen and oxygen atoms in total. The molecule has 3 rings (SSSR count). The third-order valence-electron chi connectivity index (χ3n) is 5.69. The van der Waals surface area contributed by atoms with E-state index < -0.39 is 0 Å². The van der Waals surface area contributed by atoms with Gasteiger partial charge in [-0.25, -0.2) is 0 Å². The van der Waals surface area contributed by atoms with E-state index in [0.29, 0.717) is 32.0 Å². The van der Waals surface area contributed by atoms with Crippen molar-refractivity contribution >= 4 is 11.8 Å². The van der Waals surface area contributed by atoms with Crippen molar-refractivity contribution in [1.82, 2.24) is 9.80 Å². The van der Waals surface area contributed by atoms with Gasteiger partial charge in [0.25, 0.3) is 0 Å². The van der Waals surface area contributed by atoms with E-state index >= 15 is 0 Å². The molecular formula is C22H32N2O3. The summed E-state index contributed by atoms with van der Waals surface area (Å²) in [6, 6.07) is 9.57. The summed E-state index contributed by atoms with van der Waals surface area (Å²) in [6.45, 7) is 3.60. The number of carbonyl (C=O) groups is 2. The maximum Gasteiger partial charge on any atom is 0.225 e. The smallest absolute Gasteiger partial charge is 0.225 e. The molecule has 2 saturated heterocycles. The van der Waals surface area contributed by atoms with Gasteiger partial charge in [-0.15, -0.1) is 0 Å². The molecule has 2 aliphatic rings. The maximum atomic E-state index is 12.8. The predicted molar refractivity (Wildman–Crippen MR) is 106 cm³/mol. The Balaban J connectivity index is 1.38. The highest BCUT2D eigenvalue weighted by atomic mass is 16.5. The summed E-state index contributed by atoms with van der Waals surface area (Å²) in [4.78, 5) is 29.2. The van der Waals surface area contributed by atoms with Crippen molar-refractivity contribution in [2.45, 2.75) is 51.4 Å². The molecule has 0 N–H and O–H groups in total. The van der Waals surface area contributed by atoms with Crippen LogP contribution in [-0.4, -0.2) is 54.4 Å². The van der Waals surface area contributed by atoms with Crippen LogP contribution in [0.2, 0.25) is 0 Å². The zero-order valence-corrected chi connectivity index (χ0v) is 16.3.